The van der Waals surface area contributed by atoms with Crippen LogP contribution in [0.5, 0.6) is 0 Å². The van der Waals surface area contributed by atoms with Gasteiger partial charge >= 0.3 is 0 Å². The van der Waals surface area contributed by atoms with Gasteiger partial charge in [-0.15, -0.1) is 4.91 Å². The molecule has 0 saturated carbocycles. The lowest BCUT2D eigenvalue weighted by Gasteiger charge is -1.91. The van der Waals surface area contributed by atoms with E-state index in [1.54, 1.807) is 12.1 Å². The highest BCUT2D eigenvalue weighted by Gasteiger charge is 2.01. The van der Waals surface area contributed by atoms with E-state index in [4.69, 9.17) is 0 Å². The first-order valence-electron chi connectivity index (χ1n) is 3.47. The molecule has 1 rings (SSSR count). The van der Waals surface area contributed by atoms with E-state index in [-0.39, 0.29) is 5.69 Å². The topological polar surface area (TPSA) is 72.6 Å². The molecule has 0 aromatic heterocycles. The van der Waals surface area contributed by atoms with Gasteiger partial charge in [0.05, 0.1) is 11.1 Å². The normalized spacial score (nSPS) is 10.2. The summed E-state index contributed by atoms with van der Waals surface area (Å²) in [4.78, 5) is 19.5. The van der Waals surface area contributed by atoms with Crippen molar-refractivity contribution in [2.45, 2.75) is 0 Å². The molecule has 0 heterocycles. The SMILES string of the molecule is O=N/C=C/c1ccc([N+](=O)[O-])cc1. The molecule has 1 aromatic rings. The molecule has 0 N–H and O–H groups in total. The molecule has 0 aliphatic carbocycles. The summed E-state index contributed by atoms with van der Waals surface area (Å²) in [6, 6.07) is 5.81. The molecular weight excluding hydrogens is 172 g/mol. The average Bonchev–Trinajstić information content (AvgIpc) is 2.15. The van der Waals surface area contributed by atoms with Crippen LogP contribution in [0.3, 0.4) is 0 Å². The largest absolute Gasteiger partial charge is 0.269 e. The monoisotopic (exact) mass is 178 g/mol. The fraction of sp³-hybridized carbons (Fsp3) is 0. The molecule has 5 nitrogen and oxygen atoms in total. The zero-order valence-electron chi connectivity index (χ0n) is 6.58. The Labute approximate surface area is 73.8 Å². The van der Waals surface area contributed by atoms with Crippen LogP contribution in [0.2, 0.25) is 0 Å². The van der Waals surface area contributed by atoms with Crippen molar-refractivity contribution >= 4 is 11.8 Å². The highest BCUT2D eigenvalue weighted by molar-refractivity contribution is 5.51. The summed E-state index contributed by atoms with van der Waals surface area (Å²) in [6.45, 7) is 0. The van der Waals surface area contributed by atoms with Crippen molar-refractivity contribution in [1.29, 1.82) is 0 Å². The Balaban J connectivity index is 2.87. The summed E-state index contributed by atoms with van der Waals surface area (Å²) < 4.78 is 0. The molecule has 0 fully saturated rings. The molecule has 0 unspecified atom stereocenters. The van der Waals surface area contributed by atoms with Crippen LogP contribution in [0.25, 0.3) is 6.08 Å². The zero-order chi connectivity index (χ0) is 9.68. The number of nitroso groups, excluding NO2 is 1. The fourth-order valence-electron chi connectivity index (χ4n) is 0.824. The lowest BCUT2D eigenvalue weighted by Crippen LogP contribution is -1.86. The van der Waals surface area contributed by atoms with Crippen molar-refractivity contribution in [3.63, 3.8) is 0 Å². The van der Waals surface area contributed by atoms with Crippen LogP contribution in [-0.4, -0.2) is 4.92 Å². The maximum absolute atomic E-state index is 10.2. The number of nitro benzene ring substituents is 1. The lowest BCUT2D eigenvalue weighted by atomic mass is 10.2. The number of nitrogens with zero attached hydrogens (tertiary/aromatic N) is 2. The first-order valence-corrected chi connectivity index (χ1v) is 3.47. The summed E-state index contributed by atoms with van der Waals surface area (Å²) in [6.07, 6.45) is 2.55. The second kappa shape index (κ2) is 4.10. The van der Waals surface area contributed by atoms with Crippen molar-refractivity contribution in [2.75, 3.05) is 0 Å². The smallest absolute Gasteiger partial charge is 0.258 e. The van der Waals surface area contributed by atoms with Gasteiger partial charge < -0.3 is 0 Å². The van der Waals surface area contributed by atoms with Crippen molar-refractivity contribution in [2.24, 2.45) is 5.18 Å². The van der Waals surface area contributed by atoms with E-state index in [1.807, 2.05) is 0 Å². The molecule has 5 heteroatoms. The van der Waals surface area contributed by atoms with Crippen LogP contribution in [-0.2, 0) is 0 Å². The molecule has 0 radical (unpaired) electrons. The number of hydrogen-bond acceptors (Lipinski definition) is 4. The zero-order valence-corrected chi connectivity index (χ0v) is 6.58. The minimum atomic E-state index is -0.481. The van der Waals surface area contributed by atoms with Gasteiger partial charge in [-0.1, -0.05) is 0 Å². The van der Waals surface area contributed by atoms with Gasteiger partial charge in [-0.3, -0.25) is 10.1 Å². The third-order valence-corrected chi connectivity index (χ3v) is 1.43. The van der Waals surface area contributed by atoms with Gasteiger partial charge in [0.1, 0.15) is 0 Å². The van der Waals surface area contributed by atoms with E-state index < -0.39 is 4.92 Å². The van der Waals surface area contributed by atoms with Gasteiger partial charge in [0, 0.05) is 12.1 Å². The Morgan fingerprint density at radius 3 is 2.38 bits per heavy atom. The summed E-state index contributed by atoms with van der Waals surface area (Å²) in [7, 11) is 0. The van der Waals surface area contributed by atoms with Crippen molar-refractivity contribution in [3.05, 3.63) is 51.1 Å². The summed E-state index contributed by atoms with van der Waals surface area (Å²) in [5.74, 6) is 0. The van der Waals surface area contributed by atoms with E-state index in [0.29, 0.717) is 5.56 Å². The van der Waals surface area contributed by atoms with Crippen LogP contribution in [0.4, 0.5) is 5.69 Å². The second-order valence-electron chi connectivity index (χ2n) is 2.27. The van der Waals surface area contributed by atoms with Gasteiger partial charge in [0.2, 0.25) is 0 Å². The molecule has 0 aliphatic heterocycles. The van der Waals surface area contributed by atoms with E-state index in [0.717, 1.165) is 6.20 Å². The maximum atomic E-state index is 10.2. The molecule has 13 heavy (non-hydrogen) atoms. The van der Waals surface area contributed by atoms with Crippen LogP contribution in [0.1, 0.15) is 5.56 Å². The van der Waals surface area contributed by atoms with Crippen LogP contribution < -0.4 is 0 Å². The summed E-state index contributed by atoms with van der Waals surface area (Å²) >= 11 is 0. The molecule has 0 atom stereocenters. The minimum absolute atomic E-state index is 0.0243. The molecule has 0 saturated heterocycles. The molecule has 0 bridgehead atoms. The summed E-state index contributed by atoms with van der Waals surface area (Å²) in [5.41, 5.74) is 0.724. The molecule has 66 valence electrons. The maximum Gasteiger partial charge on any atom is 0.269 e. The summed E-state index contributed by atoms with van der Waals surface area (Å²) in [5, 5.41) is 12.8. The first-order chi connectivity index (χ1) is 6.24. The van der Waals surface area contributed by atoms with Gasteiger partial charge in [-0.25, -0.2) is 0 Å². The van der Waals surface area contributed by atoms with Gasteiger partial charge in [-0.05, 0) is 28.9 Å². The predicted molar refractivity (Wildman–Crippen MR) is 47.9 cm³/mol. The second-order valence-corrected chi connectivity index (χ2v) is 2.27. The molecule has 0 spiro atoms. The third kappa shape index (κ3) is 2.48. The number of nitro groups is 1. The van der Waals surface area contributed by atoms with E-state index in [9.17, 15) is 15.0 Å². The standard InChI is InChI=1S/C8H6N2O3/c11-9-6-5-7-1-3-8(4-2-7)10(12)13/h1-6H/b6-5+. The molecule has 0 amide bonds. The van der Waals surface area contributed by atoms with Crippen molar-refractivity contribution < 1.29 is 4.92 Å². The van der Waals surface area contributed by atoms with E-state index >= 15 is 0 Å². The Hall–Kier alpha value is -2.04. The minimum Gasteiger partial charge on any atom is -0.258 e. The van der Waals surface area contributed by atoms with Gasteiger partial charge in [0.25, 0.3) is 5.69 Å². The number of hydrogen-bond donors (Lipinski definition) is 0. The first kappa shape index (κ1) is 9.05. The molecule has 0 aliphatic rings. The predicted octanol–water partition coefficient (Wildman–Crippen LogP) is 2.33. The Morgan fingerprint density at radius 2 is 1.92 bits per heavy atom. The van der Waals surface area contributed by atoms with Crippen LogP contribution in [0.15, 0.2) is 35.6 Å². The third-order valence-electron chi connectivity index (χ3n) is 1.43. The van der Waals surface area contributed by atoms with E-state index in [2.05, 4.69) is 5.18 Å². The Morgan fingerprint density at radius 1 is 1.31 bits per heavy atom. The van der Waals surface area contributed by atoms with Gasteiger partial charge in [-0.2, -0.15) is 0 Å². The molecule has 1 aromatic carbocycles. The van der Waals surface area contributed by atoms with E-state index in [1.165, 1.54) is 18.2 Å². The number of rotatable bonds is 3. The lowest BCUT2D eigenvalue weighted by molar-refractivity contribution is -0.384. The number of non-ortho nitro benzene ring substituents is 1. The van der Waals surface area contributed by atoms with Crippen molar-refractivity contribution in [3.8, 4) is 0 Å². The van der Waals surface area contributed by atoms with Crippen LogP contribution >= 0.6 is 0 Å². The molecular formula is C8H6N2O3. The highest BCUT2D eigenvalue weighted by Crippen LogP contribution is 2.12. The Kier molecular flexibility index (Phi) is 2.86. The van der Waals surface area contributed by atoms with Crippen LogP contribution in [0, 0.1) is 15.0 Å². The number of benzene rings is 1. The van der Waals surface area contributed by atoms with Crippen molar-refractivity contribution in [1.82, 2.24) is 0 Å². The quantitative estimate of drug-likeness (QED) is 0.405. The average molecular weight is 178 g/mol. The fourth-order valence-corrected chi connectivity index (χ4v) is 0.824. The van der Waals surface area contributed by atoms with Gasteiger partial charge in [0.15, 0.2) is 0 Å². The Bertz CT molecular complexity index is 343. The highest BCUT2D eigenvalue weighted by atomic mass is 16.6.